The number of esters is 1. The van der Waals surface area contributed by atoms with Gasteiger partial charge in [0.1, 0.15) is 9.75 Å². The molecule has 1 N–H and O–H groups in total. The third-order valence-electron chi connectivity index (χ3n) is 6.67. The number of rotatable bonds is 8. The number of para-hydroxylation sites is 2. The molecule has 0 unspecified atom stereocenters. The fourth-order valence-electron chi connectivity index (χ4n) is 4.73. The van der Waals surface area contributed by atoms with Crippen molar-refractivity contribution in [2.24, 2.45) is 0 Å². The van der Waals surface area contributed by atoms with Crippen molar-refractivity contribution < 1.29 is 22.7 Å². The van der Waals surface area contributed by atoms with E-state index in [2.05, 4.69) is 25.6 Å². The lowest BCUT2D eigenvalue weighted by atomic mass is 10.0. The molecule has 0 spiro atoms. The van der Waals surface area contributed by atoms with Gasteiger partial charge in [-0.25, -0.2) is 13.2 Å². The van der Waals surface area contributed by atoms with Crippen LogP contribution in [0, 0.1) is 6.92 Å². The van der Waals surface area contributed by atoms with E-state index in [0.717, 1.165) is 15.7 Å². The summed E-state index contributed by atoms with van der Waals surface area (Å²) in [5, 5.41) is 3.67. The average Bonchev–Trinajstić information content (AvgIpc) is 3.62. The molecule has 0 aliphatic carbocycles. The van der Waals surface area contributed by atoms with E-state index in [0.29, 0.717) is 52.7 Å². The second-order valence-electron chi connectivity index (χ2n) is 9.42. The predicted molar refractivity (Wildman–Crippen MR) is 168 cm³/mol. The van der Waals surface area contributed by atoms with E-state index in [1.54, 1.807) is 42.6 Å². The monoisotopic (exact) mass is 673 g/mol. The molecule has 1 aliphatic heterocycles. The fraction of sp³-hybridized carbons (Fsp3) is 0.241. The highest BCUT2D eigenvalue weighted by Gasteiger charge is 2.27. The van der Waals surface area contributed by atoms with Crippen molar-refractivity contribution in [2.75, 3.05) is 42.4 Å². The maximum atomic E-state index is 13.7. The number of sulfonamides is 1. The number of halogens is 1. The summed E-state index contributed by atoms with van der Waals surface area (Å²) in [7, 11) is -3.97. The van der Waals surface area contributed by atoms with Crippen LogP contribution in [-0.4, -0.2) is 58.0 Å². The van der Waals surface area contributed by atoms with E-state index >= 15 is 0 Å². The number of anilines is 2. The zero-order chi connectivity index (χ0) is 29.1. The molecule has 1 fully saturated rings. The number of thiophene rings is 2. The lowest BCUT2D eigenvalue weighted by molar-refractivity contribution is 0.0532. The Labute approximate surface area is 255 Å². The van der Waals surface area contributed by atoms with Crippen LogP contribution in [0.25, 0.3) is 11.1 Å². The summed E-state index contributed by atoms with van der Waals surface area (Å²) in [5.41, 5.74) is 3.21. The smallest absolute Gasteiger partial charge is 0.348 e. The van der Waals surface area contributed by atoms with Gasteiger partial charge in [0, 0.05) is 36.2 Å². The lowest BCUT2D eigenvalue weighted by Gasteiger charge is -2.36. The number of carbonyl (C=O) groups is 2. The Kier molecular flexibility index (Phi) is 8.83. The number of amides is 1. The second-order valence-corrected chi connectivity index (χ2v) is 13.8. The van der Waals surface area contributed by atoms with E-state index in [-0.39, 0.29) is 17.4 Å². The molecule has 0 bridgehead atoms. The van der Waals surface area contributed by atoms with E-state index < -0.39 is 16.0 Å². The number of carbonyl (C=O) groups excluding carboxylic acids is 2. The van der Waals surface area contributed by atoms with Crippen LogP contribution in [0.3, 0.4) is 0 Å². The van der Waals surface area contributed by atoms with Crippen LogP contribution in [-0.2, 0) is 14.8 Å². The van der Waals surface area contributed by atoms with Gasteiger partial charge in [-0.1, -0.05) is 18.2 Å². The highest BCUT2D eigenvalue weighted by molar-refractivity contribution is 9.10. The molecule has 8 nitrogen and oxygen atoms in total. The minimum Gasteiger partial charge on any atom is -0.462 e. The molecule has 0 radical (unpaired) electrons. The van der Waals surface area contributed by atoms with Crippen LogP contribution in [0.4, 0.5) is 11.4 Å². The van der Waals surface area contributed by atoms with Crippen molar-refractivity contribution in [3.05, 3.63) is 85.1 Å². The number of benzene rings is 2. The summed E-state index contributed by atoms with van der Waals surface area (Å²) < 4.78 is 36.1. The van der Waals surface area contributed by atoms with Gasteiger partial charge in [0.25, 0.3) is 15.9 Å². The standard InChI is InChI=1S/C29H28BrN3O5S3/c1-3-38-29(35)26-22(8-14-39-26)20-16-19(2)17-21(18-20)41(36,37)31-24-6-4-5-7-25(24)32-10-12-33(13-11-32)28(34)27-23(30)9-15-40-27/h4-9,14-18,31H,3,10-13H2,1-2H3. The van der Waals surface area contributed by atoms with Crippen LogP contribution in [0.15, 0.2) is 74.7 Å². The van der Waals surface area contributed by atoms with Crippen LogP contribution < -0.4 is 9.62 Å². The lowest BCUT2D eigenvalue weighted by Crippen LogP contribution is -2.48. The maximum absolute atomic E-state index is 13.7. The quantitative estimate of drug-likeness (QED) is 0.215. The Bertz CT molecular complexity index is 1690. The predicted octanol–water partition coefficient (Wildman–Crippen LogP) is 6.49. The Morgan fingerprint density at radius 3 is 2.39 bits per heavy atom. The van der Waals surface area contributed by atoms with Crippen LogP contribution in [0.5, 0.6) is 0 Å². The summed E-state index contributed by atoms with van der Waals surface area (Å²) >= 11 is 6.11. The van der Waals surface area contributed by atoms with Gasteiger partial charge in [-0.15, -0.1) is 22.7 Å². The molecule has 1 saturated heterocycles. The molecule has 0 saturated carbocycles. The molecule has 2 aromatic carbocycles. The SMILES string of the molecule is CCOC(=O)c1sccc1-c1cc(C)cc(S(=O)(=O)Nc2ccccc2N2CCN(C(=O)c3sccc3Br)CC2)c1. The first kappa shape index (κ1) is 29.3. The molecule has 41 heavy (non-hydrogen) atoms. The molecule has 3 heterocycles. The van der Waals surface area contributed by atoms with Crippen molar-refractivity contribution in [3.8, 4) is 11.1 Å². The highest BCUT2D eigenvalue weighted by atomic mass is 79.9. The third kappa shape index (κ3) is 6.35. The van der Waals surface area contributed by atoms with Gasteiger partial charge in [0.15, 0.2) is 0 Å². The first-order chi connectivity index (χ1) is 19.7. The number of piperazine rings is 1. The normalized spacial score (nSPS) is 13.7. The van der Waals surface area contributed by atoms with Crippen molar-refractivity contribution >= 4 is 71.9 Å². The van der Waals surface area contributed by atoms with Gasteiger partial charge in [-0.05, 0) is 88.1 Å². The van der Waals surface area contributed by atoms with Gasteiger partial charge in [0.2, 0.25) is 0 Å². The number of nitrogens with one attached hydrogen (secondary N) is 1. The van der Waals surface area contributed by atoms with Crippen LogP contribution >= 0.6 is 38.6 Å². The number of hydrogen-bond donors (Lipinski definition) is 1. The zero-order valence-corrected chi connectivity index (χ0v) is 26.5. The molecule has 4 aromatic rings. The summed E-state index contributed by atoms with van der Waals surface area (Å²) in [6.45, 7) is 6.00. The van der Waals surface area contributed by atoms with Gasteiger partial charge < -0.3 is 14.5 Å². The minimum absolute atomic E-state index is 0.00694. The summed E-state index contributed by atoms with van der Waals surface area (Å²) in [4.78, 5) is 30.5. The largest absolute Gasteiger partial charge is 0.462 e. The maximum Gasteiger partial charge on any atom is 0.348 e. The van der Waals surface area contributed by atoms with E-state index in [1.165, 1.54) is 22.7 Å². The summed E-state index contributed by atoms with van der Waals surface area (Å²) in [5.74, 6) is -0.437. The van der Waals surface area contributed by atoms with Gasteiger partial charge >= 0.3 is 5.97 Å². The van der Waals surface area contributed by atoms with Gasteiger partial charge in [-0.3, -0.25) is 9.52 Å². The molecule has 2 aromatic heterocycles. The number of aryl methyl sites for hydroxylation is 1. The number of hydrogen-bond acceptors (Lipinski definition) is 8. The Hall–Kier alpha value is -3.19. The number of nitrogens with zero attached hydrogens (tertiary/aromatic N) is 2. The molecule has 12 heteroatoms. The molecule has 1 amide bonds. The van der Waals surface area contributed by atoms with Gasteiger partial charge in [0.05, 0.1) is 22.9 Å². The Morgan fingerprint density at radius 1 is 0.976 bits per heavy atom. The van der Waals surface area contributed by atoms with Crippen molar-refractivity contribution in [2.45, 2.75) is 18.7 Å². The van der Waals surface area contributed by atoms with E-state index in [9.17, 15) is 18.0 Å². The topological polar surface area (TPSA) is 96.0 Å². The van der Waals surface area contributed by atoms with E-state index in [1.807, 2.05) is 41.5 Å². The molecular weight excluding hydrogens is 646 g/mol. The van der Waals surface area contributed by atoms with Crippen LogP contribution in [0.2, 0.25) is 0 Å². The summed E-state index contributed by atoms with van der Waals surface area (Å²) in [6.07, 6.45) is 0. The second kappa shape index (κ2) is 12.4. The van der Waals surface area contributed by atoms with E-state index in [4.69, 9.17) is 4.74 Å². The zero-order valence-electron chi connectivity index (χ0n) is 22.4. The molecule has 1 aliphatic rings. The Morgan fingerprint density at radius 2 is 1.68 bits per heavy atom. The van der Waals surface area contributed by atoms with Crippen molar-refractivity contribution in [1.29, 1.82) is 0 Å². The van der Waals surface area contributed by atoms with Crippen molar-refractivity contribution in [3.63, 3.8) is 0 Å². The minimum atomic E-state index is -3.97. The molecule has 5 rings (SSSR count). The average molecular weight is 675 g/mol. The number of ether oxygens (including phenoxy) is 1. The first-order valence-corrected chi connectivity index (χ1v) is 17.0. The molecular formula is C29H28BrN3O5S3. The van der Waals surface area contributed by atoms with Crippen molar-refractivity contribution in [1.82, 2.24) is 4.90 Å². The molecule has 214 valence electrons. The molecule has 0 atom stereocenters. The summed E-state index contributed by atoms with van der Waals surface area (Å²) in [6, 6.07) is 16.0. The first-order valence-electron chi connectivity index (χ1n) is 12.9. The van der Waals surface area contributed by atoms with Crippen LogP contribution in [0.1, 0.15) is 31.8 Å². The Balaban J connectivity index is 1.36. The fourth-order valence-corrected chi connectivity index (χ4v) is 8.25. The third-order valence-corrected chi connectivity index (χ3v) is 10.7. The van der Waals surface area contributed by atoms with Gasteiger partial charge in [-0.2, -0.15) is 0 Å². The highest BCUT2D eigenvalue weighted by Crippen LogP contribution is 2.34.